The van der Waals surface area contributed by atoms with Crippen LogP contribution in [0.3, 0.4) is 0 Å². The summed E-state index contributed by atoms with van der Waals surface area (Å²) in [5.74, 6) is -0.453. The molecule has 0 aliphatic rings. The first kappa shape index (κ1) is 20.0. The Balaban J connectivity index is 1.92. The van der Waals surface area contributed by atoms with Crippen molar-refractivity contribution in [1.29, 1.82) is 0 Å². The summed E-state index contributed by atoms with van der Waals surface area (Å²) in [5.41, 5.74) is 1.96. The number of pyridine rings is 1. The van der Waals surface area contributed by atoms with E-state index in [1.165, 1.54) is 18.5 Å². The molecule has 0 aliphatic carbocycles. The number of halogens is 1. The Kier molecular flexibility index (Phi) is 6.11. The lowest BCUT2D eigenvalue weighted by Gasteiger charge is -2.24. The molecule has 0 saturated carbocycles. The number of hydrogen-bond acceptors (Lipinski definition) is 4. The molecular formula is C20H18BrN3O3S. The van der Waals surface area contributed by atoms with Crippen molar-refractivity contribution in [2.45, 2.75) is 11.8 Å². The lowest BCUT2D eigenvalue weighted by atomic mass is 10.2. The van der Waals surface area contributed by atoms with E-state index in [1.807, 2.05) is 13.0 Å². The molecule has 8 heteroatoms. The molecule has 3 rings (SSSR count). The molecule has 0 atom stereocenters. The molecule has 1 N–H and O–H groups in total. The summed E-state index contributed by atoms with van der Waals surface area (Å²) >= 11 is 3.34. The number of hydrogen-bond donors (Lipinski definition) is 1. The van der Waals surface area contributed by atoms with Crippen LogP contribution in [0.25, 0.3) is 0 Å². The molecule has 144 valence electrons. The van der Waals surface area contributed by atoms with Gasteiger partial charge in [0.05, 0.1) is 5.69 Å². The van der Waals surface area contributed by atoms with Gasteiger partial charge < -0.3 is 5.32 Å². The average molecular weight is 460 g/mol. The molecule has 1 aromatic heterocycles. The fourth-order valence-electron chi connectivity index (χ4n) is 2.55. The molecule has 6 nitrogen and oxygen atoms in total. The highest BCUT2D eigenvalue weighted by atomic mass is 79.9. The van der Waals surface area contributed by atoms with Crippen molar-refractivity contribution in [2.24, 2.45) is 0 Å². The van der Waals surface area contributed by atoms with Crippen molar-refractivity contribution >= 4 is 43.2 Å². The monoisotopic (exact) mass is 459 g/mol. The summed E-state index contributed by atoms with van der Waals surface area (Å²) in [6.45, 7) is 1.54. The van der Waals surface area contributed by atoms with Gasteiger partial charge in [0.25, 0.3) is 10.0 Å². The van der Waals surface area contributed by atoms with Crippen LogP contribution < -0.4 is 9.62 Å². The Morgan fingerprint density at radius 1 is 1.11 bits per heavy atom. The molecule has 3 aromatic rings. The highest BCUT2D eigenvalue weighted by Gasteiger charge is 2.27. The summed E-state index contributed by atoms with van der Waals surface area (Å²) in [7, 11) is -3.96. The van der Waals surface area contributed by atoms with Gasteiger partial charge in [-0.1, -0.05) is 39.7 Å². The number of nitrogens with one attached hydrogen (secondary N) is 1. The molecule has 0 unspecified atom stereocenters. The second kappa shape index (κ2) is 8.53. The van der Waals surface area contributed by atoms with Crippen LogP contribution in [0.5, 0.6) is 0 Å². The van der Waals surface area contributed by atoms with Crippen LogP contribution in [0.1, 0.15) is 5.56 Å². The first-order valence-electron chi connectivity index (χ1n) is 8.41. The van der Waals surface area contributed by atoms with Gasteiger partial charge >= 0.3 is 0 Å². The molecule has 0 aliphatic heterocycles. The first-order chi connectivity index (χ1) is 13.4. The van der Waals surface area contributed by atoms with E-state index in [4.69, 9.17) is 0 Å². The number of sulfonamides is 1. The van der Waals surface area contributed by atoms with E-state index >= 15 is 0 Å². The van der Waals surface area contributed by atoms with Crippen molar-refractivity contribution in [2.75, 3.05) is 16.2 Å². The predicted molar refractivity (Wildman–Crippen MR) is 113 cm³/mol. The van der Waals surface area contributed by atoms with Gasteiger partial charge in [0.1, 0.15) is 11.4 Å². The zero-order valence-electron chi connectivity index (χ0n) is 15.0. The van der Waals surface area contributed by atoms with E-state index in [-0.39, 0.29) is 11.4 Å². The third-order valence-electron chi connectivity index (χ3n) is 3.94. The number of aromatic nitrogens is 1. The molecule has 1 amide bonds. The summed E-state index contributed by atoms with van der Waals surface area (Å²) in [6.07, 6.45) is 2.76. The van der Waals surface area contributed by atoms with E-state index in [1.54, 1.807) is 48.5 Å². The third-order valence-corrected chi connectivity index (χ3v) is 6.19. The maximum absolute atomic E-state index is 13.2. The van der Waals surface area contributed by atoms with Gasteiger partial charge in [-0.3, -0.25) is 14.1 Å². The number of amides is 1. The molecule has 0 spiro atoms. The molecule has 0 fully saturated rings. The highest BCUT2D eigenvalue weighted by Crippen LogP contribution is 2.24. The Morgan fingerprint density at radius 2 is 1.86 bits per heavy atom. The van der Waals surface area contributed by atoms with Crippen LogP contribution in [0.15, 0.2) is 82.4 Å². The van der Waals surface area contributed by atoms with Gasteiger partial charge in [-0.05, 0) is 49.4 Å². The number of nitrogens with zero attached hydrogens (tertiary/aromatic N) is 2. The fraction of sp³-hybridized carbons (Fsp3) is 0.100. The van der Waals surface area contributed by atoms with Crippen LogP contribution in [0.4, 0.5) is 11.4 Å². The minimum Gasteiger partial charge on any atom is -0.324 e. The van der Waals surface area contributed by atoms with Gasteiger partial charge in [0.2, 0.25) is 5.91 Å². The second-order valence-electron chi connectivity index (χ2n) is 6.09. The molecular weight excluding hydrogens is 442 g/mol. The van der Waals surface area contributed by atoms with Crippen molar-refractivity contribution in [1.82, 2.24) is 4.98 Å². The normalized spacial score (nSPS) is 11.1. The van der Waals surface area contributed by atoms with E-state index in [0.29, 0.717) is 11.4 Å². The Bertz CT molecular complexity index is 1070. The van der Waals surface area contributed by atoms with Crippen molar-refractivity contribution in [3.8, 4) is 0 Å². The molecule has 28 heavy (non-hydrogen) atoms. The minimum atomic E-state index is -3.96. The standard InChI is InChI=1S/C20H18BrN3O3S/c1-15-7-9-18(10-8-15)24(28(26,27)19-6-3-11-22-13-19)14-20(25)23-17-5-2-4-16(21)12-17/h2-13H,14H2,1H3,(H,23,25). The van der Waals surface area contributed by atoms with E-state index in [9.17, 15) is 13.2 Å². The van der Waals surface area contributed by atoms with Crippen LogP contribution in [-0.2, 0) is 14.8 Å². The lowest BCUT2D eigenvalue weighted by Crippen LogP contribution is -2.38. The molecule has 0 radical (unpaired) electrons. The number of carbonyl (C=O) groups excluding carboxylic acids is 1. The number of carbonyl (C=O) groups is 1. The highest BCUT2D eigenvalue weighted by molar-refractivity contribution is 9.10. The smallest absolute Gasteiger partial charge is 0.266 e. The van der Waals surface area contributed by atoms with Crippen LogP contribution in [0, 0.1) is 6.92 Å². The Morgan fingerprint density at radius 3 is 2.50 bits per heavy atom. The van der Waals surface area contributed by atoms with Crippen LogP contribution in [-0.4, -0.2) is 25.9 Å². The van der Waals surface area contributed by atoms with Crippen LogP contribution >= 0.6 is 15.9 Å². The second-order valence-corrected chi connectivity index (χ2v) is 8.87. The van der Waals surface area contributed by atoms with Crippen LogP contribution in [0.2, 0.25) is 0 Å². The number of rotatable bonds is 6. The van der Waals surface area contributed by atoms with Gasteiger partial charge in [-0.15, -0.1) is 0 Å². The van der Waals surface area contributed by atoms with Gasteiger partial charge in [0, 0.05) is 22.6 Å². The van der Waals surface area contributed by atoms with E-state index in [0.717, 1.165) is 14.3 Å². The van der Waals surface area contributed by atoms with Gasteiger partial charge in [-0.25, -0.2) is 8.42 Å². The minimum absolute atomic E-state index is 0.0193. The topological polar surface area (TPSA) is 79.4 Å². The average Bonchev–Trinajstić information content (AvgIpc) is 2.67. The van der Waals surface area contributed by atoms with E-state index in [2.05, 4.69) is 26.2 Å². The van der Waals surface area contributed by atoms with Crippen molar-refractivity contribution in [3.63, 3.8) is 0 Å². The summed E-state index contributed by atoms with van der Waals surface area (Å²) in [6, 6.07) is 17.0. The molecule has 2 aromatic carbocycles. The van der Waals surface area contributed by atoms with E-state index < -0.39 is 15.9 Å². The maximum Gasteiger partial charge on any atom is 0.266 e. The quantitative estimate of drug-likeness (QED) is 0.604. The zero-order chi connectivity index (χ0) is 20.1. The Labute approximate surface area is 172 Å². The van der Waals surface area contributed by atoms with Crippen molar-refractivity contribution in [3.05, 3.63) is 83.1 Å². The largest absolute Gasteiger partial charge is 0.324 e. The summed E-state index contributed by atoms with van der Waals surface area (Å²) < 4.78 is 28.2. The molecule has 0 saturated heterocycles. The predicted octanol–water partition coefficient (Wildman–Crippen LogP) is 3.99. The fourth-order valence-corrected chi connectivity index (χ4v) is 4.33. The lowest BCUT2D eigenvalue weighted by molar-refractivity contribution is -0.114. The summed E-state index contributed by atoms with van der Waals surface area (Å²) in [4.78, 5) is 16.5. The number of aryl methyl sites for hydroxylation is 1. The van der Waals surface area contributed by atoms with Crippen molar-refractivity contribution < 1.29 is 13.2 Å². The maximum atomic E-state index is 13.2. The number of benzene rings is 2. The molecule has 1 heterocycles. The zero-order valence-corrected chi connectivity index (χ0v) is 17.4. The summed E-state index contributed by atoms with van der Waals surface area (Å²) in [5, 5.41) is 2.73. The van der Waals surface area contributed by atoms with Gasteiger partial charge in [0.15, 0.2) is 0 Å². The Hall–Kier alpha value is -2.71. The third kappa shape index (κ3) is 4.76. The molecule has 0 bridgehead atoms. The first-order valence-corrected chi connectivity index (χ1v) is 10.6. The number of anilines is 2. The van der Waals surface area contributed by atoms with Gasteiger partial charge in [-0.2, -0.15) is 0 Å². The SMILES string of the molecule is Cc1ccc(N(CC(=O)Nc2cccc(Br)c2)S(=O)(=O)c2cccnc2)cc1.